The molecule has 2 aromatic carbocycles. The van der Waals surface area contributed by atoms with E-state index < -0.39 is 0 Å². The smallest absolute Gasteiger partial charge is 0.154 e. The lowest BCUT2D eigenvalue weighted by Crippen LogP contribution is -2.40. The Morgan fingerprint density at radius 1 is 1.00 bits per heavy atom. The summed E-state index contributed by atoms with van der Waals surface area (Å²) in [4.78, 5) is 6.87. The van der Waals surface area contributed by atoms with Gasteiger partial charge in [-0.25, -0.2) is 4.99 Å². The van der Waals surface area contributed by atoms with Crippen molar-refractivity contribution in [2.24, 2.45) is 10.9 Å². The van der Waals surface area contributed by atoms with E-state index in [1.165, 1.54) is 5.57 Å². The highest BCUT2D eigenvalue weighted by atomic mass is 15.2. The van der Waals surface area contributed by atoms with Crippen molar-refractivity contribution in [2.45, 2.75) is 33.2 Å². The van der Waals surface area contributed by atoms with Crippen LogP contribution < -0.4 is 0 Å². The fourth-order valence-electron chi connectivity index (χ4n) is 2.89. The minimum Gasteiger partial charge on any atom is -0.356 e. The summed E-state index contributed by atoms with van der Waals surface area (Å²) in [6.45, 7) is 10.7. The lowest BCUT2D eigenvalue weighted by Gasteiger charge is -2.33. The molecule has 0 aliphatic heterocycles. The first-order chi connectivity index (χ1) is 12.5. The molecule has 1 N–H and O–H groups in total. The summed E-state index contributed by atoms with van der Waals surface area (Å²) in [6, 6.07) is 20.0. The first kappa shape index (κ1) is 19.6. The molecule has 0 spiro atoms. The first-order valence-corrected chi connectivity index (χ1v) is 9.14. The molecule has 0 aliphatic rings. The zero-order valence-electron chi connectivity index (χ0n) is 16.2. The van der Waals surface area contributed by atoms with Gasteiger partial charge in [-0.3, -0.25) is 5.41 Å². The van der Waals surface area contributed by atoms with Crippen molar-refractivity contribution in [3.8, 4) is 0 Å². The molecule has 26 heavy (non-hydrogen) atoms. The van der Waals surface area contributed by atoms with Crippen LogP contribution in [-0.2, 0) is 0 Å². The van der Waals surface area contributed by atoms with Gasteiger partial charge in [0.1, 0.15) is 5.84 Å². The predicted molar refractivity (Wildman–Crippen MR) is 112 cm³/mol. The van der Waals surface area contributed by atoms with E-state index >= 15 is 0 Å². The van der Waals surface area contributed by atoms with E-state index in [4.69, 9.17) is 10.4 Å². The van der Waals surface area contributed by atoms with Crippen molar-refractivity contribution in [1.29, 1.82) is 5.41 Å². The minimum atomic E-state index is 0.227. The Morgan fingerprint density at radius 3 is 2.00 bits per heavy atom. The fourth-order valence-corrected chi connectivity index (χ4v) is 2.89. The van der Waals surface area contributed by atoms with Crippen LogP contribution in [0.25, 0.3) is 0 Å². The molecule has 2 atom stereocenters. The Hall–Kier alpha value is -2.68. The zero-order chi connectivity index (χ0) is 19.1. The number of rotatable bonds is 6. The molecule has 1 unspecified atom stereocenters. The molecule has 136 valence electrons. The molecule has 0 fully saturated rings. The van der Waals surface area contributed by atoms with Crippen LogP contribution >= 0.6 is 0 Å². The highest BCUT2D eigenvalue weighted by molar-refractivity contribution is 6.10. The molecule has 0 bridgehead atoms. The van der Waals surface area contributed by atoms with Gasteiger partial charge in [-0.1, -0.05) is 86.7 Å². The summed E-state index contributed by atoms with van der Waals surface area (Å²) < 4.78 is 0. The number of nitrogens with one attached hydrogen (secondary N) is 1. The first-order valence-electron chi connectivity index (χ1n) is 9.14. The van der Waals surface area contributed by atoms with E-state index in [0.717, 1.165) is 23.4 Å². The normalized spacial score (nSPS) is 13.8. The van der Waals surface area contributed by atoms with Crippen molar-refractivity contribution in [1.82, 2.24) is 4.90 Å². The second-order valence-corrected chi connectivity index (χ2v) is 6.67. The molecule has 0 aromatic heterocycles. The van der Waals surface area contributed by atoms with Crippen molar-refractivity contribution in [3.63, 3.8) is 0 Å². The zero-order valence-corrected chi connectivity index (χ0v) is 16.2. The molecule has 2 rings (SSSR count). The van der Waals surface area contributed by atoms with Crippen LogP contribution in [0.4, 0.5) is 0 Å². The van der Waals surface area contributed by atoms with Gasteiger partial charge < -0.3 is 4.90 Å². The summed E-state index contributed by atoms with van der Waals surface area (Å²) in [6.07, 6.45) is 0.969. The monoisotopic (exact) mass is 347 g/mol. The van der Waals surface area contributed by atoms with Gasteiger partial charge in [0.15, 0.2) is 5.84 Å². The van der Waals surface area contributed by atoms with E-state index in [0.29, 0.717) is 5.92 Å². The van der Waals surface area contributed by atoms with E-state index in [2.05, 4.69) is 32.3 Å². The maximum absolute atomic E-state index is 8.44. The number of aliphatic imine (C=N–C) groups is 1. The molecule has 0 saturated heterocycles. The van der Waals surface area contributed by atoms with Crippen LogP contribution in [0.15, 0.2) is 77.8 Å². The van der Waals surface area contributed by atoms with Crippen LogP contribution in [-0.4, -0.2) is 29.7 Å². The molecular formula is C23H29N3. The fraction of sp³-hybridized carbons (Fsp3) is 0.304. The van der Waals surface area contributed by atoms with Gasteiger partial charge in [0.2, 0.25) is 0 Å². The molecule has 0 amide bonds. The number of hydrogen-bond acceptors (Lipinski definition) is 1. The Balaban J connectivity index is 2.40. The number of benzene rings is 2. The minimum absolute atomic E-state index is 0.227. The lowest BCUT2D eigenvalue weighted by atomic mass is 9.92. The van der Waals surface area contributed by atoms with Crippen LogP contribution in [0, 0.1) is 11.3 Å². The van der Waals surface area contributed by atoms with Crippen molar-refractivity contribution in [2.75, 3.05) is 7.05 Å². The van der Waals surface area contributed by atoms with Crippen LogP contribution in [0.1, 0.15) is 38.3 Å². The molecule has 2 aromatic rings. The molecule has 3 heteroatoms. The summed E-state index contributed by atoms with van der Waals surface area (Å²) >= 11 is 0. The standard InChI is InChI=1S/C23H29N3/c1-6-17(2)18(3)19(4)26(5)23(21-15-11-8-12-16-21)25-22(24)20-13-9-7-10-14-20/h7-16,18-19,24H,2,6H2,1,3-5H3/t18?,19-/m0/s1. The Kier molecular flexibility index (Phi) is 6.90. The van der Waals surface area contributed by atoms with Gasteiger partial charge in [0, 0.05) is 24.2 Å². The molecule has 0 saturated carbocycles. The SMILES string of the molecule is C=C(CC)C(C)[C@H](C)N(C)C(=NC(=N)c1ccccc1)c1ccccc1. The number of nitrogens with zero attached hydrogens (tertiary/aromatic N) is 2. The summed E-state index contributed by atoms with van der Waals surface area (Å²) in [5, 5.41) is 8.44. The number of amidine groups is 2. The van der Waals surface area contributed by atoms with Crippen LogP contribution in [0.2, 0.25) is 0 Å². The molecule has 0 aliphatic carbocycles. The third kappa shape index (κ3) is 4.69. The maximum Gasteiger partial charge on any atom is 0.154 e. The van der Waals surface area contributed by atoms with Gasteiger partial charge in [-0.2, -0.15) is 0 Å². The predicted octanol–water partition coefficient (Wildman–Crippen LogP) is 5.38. The lowest BCUT2D eigenvalue weighted by molar-refractivity contribution is 0.319. The van der Waals surface area contributed by atoms with Crippen molar-refractivity contribution >= 4 is 11.7 Å². The van der Waals surface area contributed by atoms with Gasteiger partial charge in [-0.15, -0.1) is 0 Å². The van der Waals surface area contributed by atoms with Gasteiger partial charge in [0.05, 0.1) is 0 Å². The number of hydrogen-bond donors (Lipinski definition) is 1. The highest BCUT2D eigenvalue weighted by Crippen LogP contribution is 2.21. The Labute approximate surface area is 157 Å². The second kappa shape index (κ2) is 9.14. The van der Waals surface area contributed by atoms with Gasteiger partial charge >= 0.3 is 0 Å². The average Bonchev–Trinajstić information content (AvgIpc) is 2.70. The topological polar surface area (TPSA) is 39.5 Å². The molecule has 0 radical (unpaired) electrons. The summed E-state index contributed by atoms with van der Waals surface area (Å²) in [5.41, 5.74) is 3.06. The largest absolute Gasteiger partial charge is 0.356 e. The third-order valence-electron chi connectivity index (χ3n) is 5.06. The quantitative estimate of drug-likeness (QED) is 0.425. The van der Waals surface area contributed by atoms with E-state index in [1.54, 1.807) is 0 Å². The molecule has 0 heterocycles. The van der Waals surface area contributed by atoms with Crippen molar-refractivity contribution < 1.29 is 0 Å². The Morgan fingerprint density at radius 2 is 1.50 bits per heavy atom. The van der Waals surface area contributed by atoms with Crippen LogP contribution in [0.5, 0.6) is 0 Å². The van der Waals surface area contributed by atoms with Gasteiger partial charge in [-0.05, 0) is 19.3 Å². The average molecular weight is 348 g/mol. The Bertz CT molecular complexity index is 763. The molecular weight excluding hydrogens is 318 g/mol. The summed E-state index contributed by atoms with van der Waals surface area (Å²) in [7, 11) is 2.05. The highest BCUT2D eigenvalue weighted by Gasteiger charge is 2.22. The van der Waals surface area contributed by atoms with Crippen molar-refractivity contribution in [3.05, 3.63) is 83.9 Å². The van der Waals surface area contributed by atoms with Crippen LogP contribution in [0.3, 0.4) is 0 Å². The molecule has 3 nitrogen and oxygen atoms in total. The van der Waals surface area contributed by atoms with E-state index in [9.17, 15) is 0 Å². The third-order valence-corrected chi connectivity index (χ3v) is 5.06. The van der Waals surface area contributed by atoms with E-state index in [1.807, 2.05) is 67.7 Å². The van der Waals surface area contributed by atoms with E-state index in [-0.39, 0.29) is 11.9 Å². The summed E-state index contributed by atoms with van der Waals surface area (Å²) in [5.74, 6) is 1.41. The second-order valence-electron chi connectivity index (χ2n) is 6.67. The maximum atomic E-state index is 8.44. The van der Waals surface area contributed by atoms with Gasteiger partial charge in [0.25, 0.3) is 0 Å².